The van der Waals surface area contributed by atoms with Crippen LogP contribution in [0, 0.1) is 12.7 Å². The van der Waals surface area contributed by atoms with Gasteiger partial charge in [-0.05, 0) is 26.0 Å². The van der Waals surface area contributed by atoms with Gasteiger partial charge in [0, 0.05) is 10.5 Å². The van der Waals surface area contributed by atoms with Crippen LogP contribution in [0.3, 0.4) is 0 Å². The van der Waals surface area contributed by atoms with Crippen LogP contribution in [0.15, 0.2) is 27.4 Å². The van der Waals surface area contributed by atoms with Crippen molar-refractivity contribution in [2.24, 2.45) is 0 Å². The average Bonchev–Trinajstić information content (AvgIpc) is 2.63. The van der Waals surface area contributed by atoms with Gasteiger partial charge in [-0.1, -0.05) is 29.2 Å². The molecule has 0 aliphatic carbocycles. The third-order valence-corrected chi connectivity index (χ3v) is 4.10. The van der Waals surface area contributed by atoms with E-state index in [2.05, 4.69) is 10.2 Å². The van der Waals surface area contributed by atoms with Crippen molar-refractivity contribution in [3.63, 3.8) is 0 Å². The lowest BCUT2D eigenvalue weighted by molar-refractivity contribution is 0.191. The Balaban J connectivity index is 2.35. The molecule has 0 saturated heterocycles. The standard InChI is InChI=1S/C11H11FN2OS2/c1-6(15)10-8(12)4-3-5-9(10)17-11-14-13-7(2)16-11/h3-6,15H,1-2H3/t6-/m1/s1. The zero-order valence-electron chi connectivity index (χ0n) is 9.35. The van der Waals surface area contributed by atoms with Gasteiger partial charge in [-0.15, -0.1) is 10.2 Å². The Morgan fingerprint density at radius 1 is 1.41 bits per heavy atom. The van der Waals surface area contributed by atoms with Gasteiger partial charge in [-0.3, -0.25) is 0 Å². The van der Waals surface area contributed by atoms with Gasteiger partial charge in [0.25, 0.3) is 0 Å². The van der Waals surface area contributed by atoms with Crippen molar-refractivity contribution >= 4 is 23.1 Å². The summed E-state index contributed by atoms with van der Waals surface area (Å²) in [5.74, 6) is -0.397. The highest BCUT2D eigenvalue weighted by molar-refractivity contribution is 8.01. The lowest BCUT2D eigenvalue weighted by atomic mass is 10.1. The molecule has 0 unspecified atom stereocenters. The quantitative estimate of drug-likeness (QED) is 0.930. The number of aryl methyl sites for hydroxylation is 1. The summed E-state index contributed by atoms with van der Waals surface area (Å²) in [6.45, 7) is 3.41. The Morgan fingerprint density at radius 3 is 2.76 bits per heavy atom. The fraction of sp³-hybridized carbons (Fsp3) is 0.273. The van der Waals surface area contributed by atoms with Gasteiger partial charge >= 0.3 is 0 Å². The van der Waals surface area contributed by atoms with Crippen LogP contribution in [-0.4, -0.2) is 15.3 Å². The molecule has 17 heavy (non-hydrogen) atoms. The molecule has 0 bridgehead atoms. The van der Waals surface area contributed by atoms with Crippen LogP contribution in [0.4, 0.5) is 4.39 Å². The normalized spacial score (nSPS) is 12.7. The molecule has 0 amide bonds. The molecule has 3 nitrogen and oxygen atoms in total. The molecule has 1 atom stereocenters. The number of nitrogens with zero attached hydrogens (tertiary/aromatic N) is 2. The molecule has 90 valence electrons. The van der Waals surface area contributed by atoms with Crippen molar-refractivity contribution < 1.29 is 9.50 Å². The number of aliphatic hydroxyl groups excluding tert-OH is 1. The summed E-state index contributed by atoms with van der Waals surface area (Å²) in [7, 11) is 0. The van der Waals surface area contributed by atoms with Gasteiger partial charge in [0.2, 0.25) is 0 Å². The third-order valence-electron chi connectivity index (χ3n) is 2.14. The molecule has 0 spiro atoms. The van der Waals surface area contributed by atoms with Crippen molar-refractivity contribution in [1.29, 1.82) is 0 Å². The second kappa shape index (κ2) is 5.12. The van der Waals surface area contributed by atoms with Gasteiger partial charge in [0.05, 0.1) is 6.10 Å². The molecule has 1 aromatic heterocycles. The van der Waals surface area contributed by atoms with E-state index in [1.165, 1.54) is 29.2 Å². The molecule has 1 aromatic carbocycles. The second-order valence-electron chi connectivity index (χ2n) is 3.52. The molecule has 2 aromatic rings. The zero-order chi connectivity index (χ0) is 12.4. The molecule has 1 N–H and O–H groups in total. The maximum atomic E-state index is 13.6. The molecule has 0 saturated carbocycles. The number of benzene rings is 1. The Morgan fingerprint density at radius 2 is 2.18 bits per heavy atom. The van der Waals surface area contributed by atoms with E-state index in [0.717, 1.165) is 9.35 Å². The summed E-state index contributed by atoms with van der Waals surface area (Å²) in [6.07, 6.45) is -0.840. The van der Waals surface area contributed by atoms with Crippen LogP contribution in [0.2, 0.25) is 0 Å². The SMILES string of the molecule is Cc1nnc(Sc2cccc(F)c2[C@@H](C)O)s1. The Labute approximate surface area is 107 Å². The molecule has 1 heterocycles. The molecular formula is C11H11FN2OS2. The summed E-state index contributed by atoms with van der Waals surface area (Å²) < 4.78 is 14.3. The number of rotatable bonds is 3. The number of aromatic nitrogens is 2. The van der Waals surface area contributed by atoms with E-state index in [0.29, 0.717) is 10.5 Å². The number of aliphatic hydroxyl groups is 1. The van der Waals surface area contributed by atoms with E-state index < -0.39 is 11.9 Å². The molecular weight excluding hydrogens is 259 g/mol. The minimum atomic E-state index is -0.840. The van der Waals surface area contributed by atoms with Crippen LogP contribution in [0.5, 0.6) is 0 Å². The molecule has 0 radical (unpaired) electrons. The van der Waals surface area contributed by atoms with Gasteiger partial charge < -0.3 is 5.11 Å². The summed E-state index contributed by atoms with van der Waals surface area (Å²) in [6, 6.07) is 4.74. The Hall–Kier alpha value is -0.980. The number of halogens is 1. The molecule has 2 rings (SSSR count). The topological polar surface area (TPSA) is 46.0 Å². The zero-order valence-corrected chi connectivity index (χ0v) is 11.0. The summed E-state index contributed by atoms with van der Waals surface area (Å²) >= 11 is 2.77. The van der Waals surface area contributed by atoms with Crippen molar-refractivity contribution in [2.45, 2.75) is 29.2 Å². The first-order valence-corrected chi connectivity index (χ1v) is 6.65. The molecule has 6 heteroatoms. The summed E-state index contributed by atoms with van der Waals surface area (Å²) in [4.78, 5) is 0.677. The van der Waals surface area contributed by atoms with Crippen LogP contribution in [0.1, 0.15) is 23.6 Å². The fourth-order valence-corrected chi connectivity index (χ4v) is 3.43. The average molecular weight is 270 g/mol. The highest BCUT2D eigenvalue weighted by atomic mass is 32.2. The highest BCUT2D eigenvalue weighted by Gasteiger charge is 2.15. The van der Waals surface area contributed by atoms with E-state index in [1.54, 1.807) is 19.1 Å². The summed E-state index contributed by atoms with van der Waals surface area (Å²) in [5.41, 5.74) is 0.311. The smallest absolute Gasteiger partial charge is 0.179 e. The predicted molar refractivity (Wildman–Crippen MR) is 65.8 cm³/mol. The van der Waals surface area contributed by atoms with Crippen LogP contribution in [0.25, 0.3) is 0 Å². The first-order chi connectivity index (χ1) is 8.08. The van der Waals surface area contributed by atoms with Crippen molar-refractivity contribution in [2.75, 3.05) is 0 Å². The van der Waals surface area contributed by atoms with E-state index >= 15 is 0 Å². The van der Waals surface area contributed by atoms with Crippen LogP contribution >= 0.6 is 23.1 Å². The number of hydrogen-bond acceptors (Lipinski definition) is 5. The lowest BCUT2D eigenvalue weighted by Gasteiger charge is -2.10. The van der Waals surface area contributed by atoms with Gasteiger partial charge in [-0.25, -0.2) is 4.39 Å². The third kappa shape index (κ3) is 2.83. The maximum absolute atomic E-state index is 13.6. The van der Waals surface area contributed by atoms with E-state index in [-0.39, 0.29) is 0 Å². The van der Waals surface area contributed by atoms with Crippen molar-refractivity contribution in [3.05, 3.63) is 34.6 Å². The Bertz CT molecular complexity index is 528. The van der Waals surface area contributed by atoms with Crippen LogP contribution < -0.4 is 0 Å². The minimum Gasteiger partial charge on any atom is -0.389 e. The first kappa shape index (κ1) is 12.5. The van der Waals surface area contributed by atoms with E-state index in [1.807, 2.05) is 6.92 Å². The second-order valence-corrected chi connectivity index (χ2v) is 5.99. The van der Waals surface area contributed by atoms with E-state index in [9.17, 15) is 9.50 Å². The Kier molecular flexibility index (Phi) is 3.76. The number of hydrogen-bond donors (Lipinski definition) is 1. The maximum Gasteiger partial charge on any atom is 0.179 e. The summed E-state index contributed by atoms with van der Waals surface area (Å²) in [5, 5.41) is 18.3. The monoisotopic (exact) mass is 270 g/mol. The van der Waals surface area contributed by atoms with Gasteiger partial charge in [0.15, 0.2) is 4.34 Å². The molecule has 0 aliphatic heterocycles. The van der Waals surface area contributed by atoms with Crippen LogP contribution in [-0.2, 0) is 0 Å². The highest BCUT2D eigenvalue weighted by Crippen LogP contribution is 2.35. The fourth-order valence-electron chi connectivity index (χ4n) is 1.43. The first-order valence-electron chi connectivity index (χ1n) is 5.02. The van der Waals surface area contributed by atoms with E-state index in [4.69, 9.17) is 0 Å². The molecule has 0 aliphatic rings. The van der Waals surface area contributed by atoms with Gasteiger partial charge in [0.1, 0.15) is 10.8 Å². The minimum absolute atomic E-state index is 0.311. The van der Waals surface area contributed by atoms with Crippen molar-refractivity contribution in [1.82, 2.24) is 10.2 Å². The van der Waals surface area contributed by atoms with Crippen molar-refractivity contribution in [3.8, 4) is 0 Å². The lowest BCUT2D eigenvalue weighted by Crippen LogP contribution is -1.98. The van der Waals surface area contributed by atoms with Gasteiger partial charge in [-0.2, -0.15) is 0 Å². The predicted octanol–water partition coefficient (Wildman–Crippen LogP) is 3.19. The largest absolute Gasteiger partial charge is 0.389 e. The molecule has 0 fully saturated rings.